The molecule has 2 aliphatic rings. The van der Waals surface area contributed by atoms with Gasteiger partial charge in [0.15, 0.2) is 0 Å². The van der Waals surface area contributed by atoms with E-state index in [1.807, 2.05) is 18.2 Å². The Labute approximate surface area is 268 Å². The number of anilines is 1. The van der Waals surface area contributed by atoms with Crippen molar-refractivity contribution >= 4 is 27.7 Å². The zero-order chi connectivity index (χ0) is 33.3. The second-order valence-corrected chi connectivity index (χ2v) is 16.2. The number of carbonyl (C=O) groups excluding carboxylic acids is 2. The number of hydrogen-bond acceptors (Lipinski definition) is 7. The van der Waals surface area contributed by atoms with Gasteiger partial charge in [0, 0.05) is 31.2 Å². The second kappa shape index (κ2) is 13.2. The number of benzene rings is 2. The summed E-state index contributed by atoms with van der Waals surface area (Å²) in [6, 6.07) is 11.8. The molecule has 0 aliphatic carbocycles. The Kier molecular flexibility index (Phi) is 10.1. The number of sulfonamides is 1. The minimum Gasteiger partial charge on any atom is -0.508 e. The highest BCUT2D eigenvalue weighted by molar-refractivity contribution is 7.92. The SMILES string of the molecule is CC(C)[C@@H](CN1CC[C@@](C)(c2cccc(O)c2)[C@@H](C)C1)NC(=O)[C@H]1Cc2ccc(NS(C)(=O)=O)cc2CN1C(=O)OC(C)(C)C. The summed E-state index contributed by atoms with van der Waals surface area (Å²) in [6.07, 6.45) is 1.71. The fourth-order valence-electron chi connectivity index (χ4n) is 6.36. The van der Waals surface area contributed by atoms with Crippen LogP contribution >= 0.6 is 0 Å². The summed E-state index contributed by atoms with van der Waals surface area (Å²) < 4.78 is 31.8. The van der Waals surface area contributed by atoms with Gasteiger partial charge in [0.2, 0.25) is 15.9 Å². The highest BCUT2D eigenvalue weighted by atomic mass is 32.2. The number of fused-ring (bicyclic) bond motifs is 1. The van der Waals surface area contributed by atoms with Crippen LogP contribution in [0, 0.1) is 11.8 Å². The Balaban J connectivity index is 1.51. The van der Waals surface area contributed by atoms with Crippen LogP contribution in [0.1, 0.15) is 71.6 Å². The Bertz CT molecular complexity index is 1500. The molecular weight excluding hydrogens is 592 g/mol. The number of hydrogen-bond donors (Lipinski definition) is 3. The van der Waals surface area contributed by atoms with Gasteiger partial charge in [0.25, 0.3) is 0 Å². The molecule has 45 heavy (non-hydrogen) atoms. The van der Waals surface area contributed by atoms with Crippen molar-refractivity contribution in [1.82, 2.24) is 15.1 Å². The van der Waals surface area contributed by atoms with Crippen molar-refractivity contribution in [3.8, 4) is 5.75 Å². The van der Waals surface area contributed by atoms with Crippen molar-refractivity contribution in [2.75, 3.05) is 30.6 Å². The zero-order valence-electron chi connectivity index (χ0n) is 27.9. The molecule has 1 saturated heterocycles. The molecular formula is C34H50N4O6S. The molecule has 3 N–H and O–H groups in total. The summed E-state index contributed by atoms with van der Waals surface area (Å²) in [4.78, 5) is 31.3. The van der Waals surface area contributed by atoms with Crippen molar-refractivity contribution in [3.05, 3.63) is 59.2 Å². The number of piperidine rings is 1. The first kappa shape index (κ1) is 34.6. The van der Waals surface area contributed by atoms with Crippen LogP contribution in [0.3, 0.4) is 0 Å². The fraction of sp³-hybridized carbons (Fsp3) is 0.588. The third-order valence-corrected chi connectivity index (χ3v) is 9.84. The van der Waals surface area contributed by atoms with E-state index in [2.05, 4.69) is 48.7 Å². The van der Waals surface area contributed by atoms with Gasteiger partial charge in [-0.05, 0) is 91.9 Å². The lowest BCUT2D eigenvalue weighted by Gasteiger charge is -2.46. The molecule has 4 rings (SSSR count). The van der Waals surface area contributed by atoms with E-state index in [0.29, 0.717) is 18.2 Å². The average molecular weight is 643 g/mol. The number of nitrogens with one attached hydrogen (secondary N) is 2. The van der Waals surface area contributed by atoms with Gasteiger partial charge >= 0.3 is 6.09 Å². The number of amides is 2. The average Bonchev–Trinajstić information content (AvgIpc) is 2.92. The Hall–Kier alpha value is -3.31. The molecule has 0 spiro atoms. The van der Waals surface area contributed by atoms with E-state index in [1.54, 1.807) is 39.0 Å². The number of aromatic hydroxyl groups is 1. The van der Waals surface area contributed by atoms with Crippen molar-refractivity contribution in [2.24, 2.45) is 11.8 Å². The first-order chi connectivity index (χ1) is 20.8. The van der Waals surface area contributed by atoms with Crippen molar-refractivity contribution in [1.29, 1.82) is 0 Å². The minimum atomic E-state index is -3.48. The second-order valence-electron chi connectivity index (χ2n) is 14.4. The molecule has 2 amide bonds. The molecule has 11 heteroatoms. The van der Waals surface area contributed by atoms with Crippen LogP contribution in [0.15, 0.2) is 42.5 Å². The number of nitrogens with zero attached hydrogens (tertiary/aromatic N) is 2. The minimum absolute atomic E-state index is 0.0636. The Morgan fingerprint density at radius 2 is 1.84 bits per heavy atom. The molecule has 0 bridgehead atoms. The Morgan fingerprint density at radius 3 is 2.44 bits per heavy atom. The topological polar surface area (TPSA) is 128 Å². The van der Waals surface area contributed by atoms with Crippen LogP contribution in [0.25, 0.3) is 0 Å². The third-order valence-electron chi connectivity index (χ3n) is 9.23. The summed E-state index contributed by atoms with van der Waals surface area (Å²) in [5, 5.41) is 13.3. The summed E-state index contributed by atoms with van der Waals surface area (Å²) in [7, 11) is -3.48. The molecule has 2 heterocycles. The van der Waals surface area contributed by atoms with Crippen LogP contribution in [-0.2, 0) is 37.9 Å². The Morgan fingerprint density at radius 1 is 1.13 bits per heavy atom. The smallest absolute Gasteiger partial charge is 0.411 e. The van der Waals surface area contributed by atoms with Crippen LogP contribution in [-0.4, -0.2) is 78.9 Å². The van der Waals surface area contributed by atoms with Crippen LogP contribution in [0.4, 0.5) is 10.5 Å². The predicted octanol–water partition coefficient (Wildman–Crippen LogP) is 4.87. The third kappa shape index (κ3) is 8.70. The van der Waals surface area contributed by atoms with E-state index in [1.165, 1.54) is 4.90 Å². The lowest BCUT2D eigenvalue weighted by atomic mass is 9.68. The molecule has 2 aromatic rings. The molecule has 10 nitrogen and oxygen atoms in total. The van der Waals surface area contributed by atoms with E-state index >= 15 is 0 Å². The van der Waals surface area contributed by atoms with Crippen molar-refractivity contribution < 1.29 is 27.9 Å². The fourth-order valence-corrected chi connectivity index (χ4v) is 6.92. The molecule has 0 unspecified atom stereocenters. The van der Waals surface area contributed by atoms with E-state index in [9.17, 15) is 23.1 Å². The number of ether oxygens (including phenoxy) is 1. The summed E-state index contributed by atoms with van der Waals surface area (Å²) in [5.74, 6) is 0.524. The van der Waals surface area contributed by atoms with E-state index < -0.39 is 27.8 Å². The highest BCUT2D eigenvalue weighted by Crippen LogP contribution is 2.40. The number of phenols is 1. The number of rotatable bonds is 8. The molecule has 248 valence electrons. The van der Waals surface area contributed by atoms with E-state index in [-0.39, 0.29) is 42.0 Å². The van der Waals surface area contributed by atoms with Gasteiger partial charge in [-0.1, -0.05) is 45.9 Å². The number of phenolic OH excluding ortho intramolecular Hbond substituents is 1. The van der Waals surface area contributed by atoms with Gasteiger partial charge in [-0.25, -0.2) is 13.2 Å². The monoisotopic (exact) mass is 642 g/mol. The largest absolute Gasteiger partial charge is 0.508 e. The van der Waals surface area contributed by atoms with Gasteiger partial charge in [0.1, 0.15) is 17.4 Å². The molecule has 0 saturated carbocycles. The summed E-state index contributed by atoms with van der Waals surface area (Å²) in [6.45, 7) is 16.6. The number of likely N-dealkylation sites (tertiary alicyclic amines) is 1. The zero-order valence-corrected chi connectivity index (χ0v) is 28.7. The lowest BCUT2D eigenvalue weighted by Crippen LogP contribution is -2.58. The number of carbonyl (C=O) groups is 2. The van der Waals surface area contributed by atoms with Crippen LogP contribution in [0.2, 0.25) is 0 Å². The van der Waals surface area contributed by atoms with Gasteiger partial charge in [-0.3, -0.25) is 14.4 Å². The van der Waals surface area contributed by atoms with Gasteiger partial charge in [-0.2, -0.15) is 0 Å². The normalized spacial score (nSPS) is 23.3. The first-order valence-electron chi connectivity index (χ1n) is 15.8. The maximum atomic E-state index is 14.0. The summed E-state index contributed by atoms with van der Waals surface area (Å²) in [5.41, 5.74) is 2.37. The molecule has 1 fully saturated rings. The highest BCUT2D eigenvalue weighted by Gasteiger charge is 2.41. The molecule has 0 radical (unpaired) electrons. The van der Waals surface area contributed by atoms with Gasteiger partial charge < -0.3 is 20.1 Å². The van der Waals surface area contributed by atoms with Crippen LogP contribution < -0.4 is 10.0 Å². The standard InChI is InChI=1S/C34H50N4O6S/c1-22(2)29(21-37-15-14-34(7,23(3)19-37)26-10-9-11-28(39)18-26)35-31(40)30-17-24-12-13-27(36-45(8,42)43)16-25(24)20-38(30)32(41)44-33(4,5)6/h9-13,16,18,22-23,29-30,36,39H,14-15,17,19-21H2,1-8H3,(H,35,40)/t23-,29+,30+,34+/m0/s1. The molecule has 2 aromatic carbocycles. The maximum absolute atomic E-state index is 14.0. The predicted molar refractivity (Wildman–Crippen MR) is 177 cm³/mol. The van der Waals surface area contributed by atoms with Crippen LogP contribution in [0.5, 0.6) is 5.75 Å². The quantitative estimate of drug-likeness (QED) is 0.375. The molecule has 2 aliphatic heterocycles. The lowest BCUT2D eigenvalue weighted by molar-refractivity contribution is -0.128. The van der Waals surface area contributed by atoms with Crippen molar-refractivity contribution in [3.63, 3.8) is 0 Å². The summed E-state index contributed by atoms with van der Waals surface area (Å²) >= 11 is 0. The maximum Gasteiger partial charge on any atom is 0.411 e. The molecule has 4 atom stereocenters. The van der Waals surface area contributed by atoms with E-state index in [4.69, 9.17) is 4.74 Å². The van der Waals surface area contributed by atoms with E-state index in [0.717, 1.165) is 42.5 Å². The first-order valence-corrected chi connectivity index (χ1v) is 17.7. The van der Waals surface area contributed by atoms with Gasteiger partial charge in [0.05, 0.1) is 12.8 Å². The van der Waals surface area contributed by atoms with Gasteiger partial charge in [-0.15, -0.1) is 0 Å². The van der Waals surface area contributed by atoms with Crippen molar-refractivity contribution in [2.45, 2.75) is 91.0 Å². The molecule has 0 aromatic heterocycles.